The summed E-state index contributed by atoms with van der Waals surface area (Å²) in [6.07, 6.45) is 0. The van der Waals surface area contributed by atoms with Crippen molar-refractivity contribution in [1.82, 2.24) is 10.2 Å². The quantitative estimate of drug-likeness (QED) is 0.273. The van der Waals surface area contributed by atoms with Crippen LogP contribution < -0.4 is 9.62 Å². The summed E-state index contributed by atoms with van der Waals surface area (Å²) in [6.45, 7) is 11.2. The van der Waals surface area contributed by atoms with E-state index >= 15 is 0 Å². The third kappa shape index (κ3) is 8.24. The maximum Gasteiger partial charge on any atom is 0.264 e. The van der Waals surface area contributed by atoms with Crippen LogP contribution in [0.2, 0.25) is 10.0 Å². The Kier molecular flexibility index (Phi) is 10.9. The smallest absolute Gasteiger partial charge is 0.264 e. The summed E-state index contributed by atoms with van der Waals surface area (Å²) in [7, 11) is -4.13. The molecule has 41 heavy (non-hydrogen) atoms. The van der Waals surface area contributed by atoms with Crippen molar-refractivity contribution in [2.75, 3.05) is 17.4 Å². The van der Waals surface area contributed by atoms with E-state index in [-0.39, 0.29) is 23.3 Å². The van der Waals surface area contributed by atoms with E-state index in [9.17, 15) is 18.0 Å². The fourth-order valence-corrected chi connectivity index (χ4v) is 5.84. The van der Waals surface area contributed by atoms with Gasteiger partial charge in [-0.3, -0.25) is 13.9 Å². The number of hydrogen-bond donors (Lipinski definition) is 1. The average Bonchev–Trinajstić information content (AvgIpc) is 2.92. The zero-order valence-electron chi connectivity index (χ0n) is 24.2. The first kappa shape index (κ1) is 32.4. The molecule has 3 aromatic carbocycles. The molecule has 220 valence electrons. The van der Waals surface area contributed by atoms with Crippen molar-refractivity contribution in [3.63, 3.8) is 0 Å². The number of hydrogen-bond acceptors (Lipinski definition) is 4. The Bertz CT molecular complexity index is 1510. The molecular weight excluding hydrogens is 581 g/mol. The topological polar surface area (TPSA) is 86.8 Å². The van der Waals surface area contributed by atoms with Gasteiger partial charge in [-0.15, -0.1) is 0 Å². The van der Waals surface area contributed by atoms with Gasteiger partial charge in [0.05, 0.1) is 20.6 Å². The first-order valence-electron chi connectivity index (χ1n) is 13.4. The van der Waals surface area contributed by atoms with Gasteiger partial charge in [0, 0.05) is 13.1 Å². The van der Waals surface area contributed by atoms with Crippen LogP contribution in [0.3, 0.4) is 0 Å². The summed E-state index contributed by atoms with van der Waals surface area (Å²) in [5.41, 5.74) is 3.79. The normalized spacial score (nSPS) is 12.2. The number of anilines is 1. The van der Waals surface area contributed by atoms with Gasteiger partial charge >= 0.3 is 0 Å². The van der Waals surface area contributed by atoms with Crippen LogP contribution in [0.4, 0.5) is 5.69 Å². The fourth-order valence-electron chi connectivity index (χ4n) is 4.12. The largest absolute Gasteiger partial charge is 0.354 e. The van der Waals surface area contributed by atoms with Gasteiger partial charge in [0.1, 0.15) is 12.6 Å². The number of nitrogens with one attached hydrogen (secondary N) is 1. The number of nitrogens with zero attached hydrogens (tertiary/aromatic N) is 2. The number of amides is 2. The zero-order chi connectivity index (χ0) is 30.5. The third-order valence-corrected chi connectivity index (χ3v) is 9.38. The van der Waals surface area contributed by atoms with E-state index in [1.54, 1.807) is 49.4 Å². The second-order valence-corrected chi connectivity index (χ2v) is 13.4. The van der Waals surface area contributed by atoms with Crippen molar-refractivity contribution in [2.45, 2.75) is 59.0 Å². The predicted octanol–water partition coefficient (Wildman–Crippen LogP) is 6.30. The first-order chi connectivity index (χ1) is 19.2. The Labute approximate surface area is 253 Å². The van der Waals surface area contributed by atoms with Gasteiger partial charge in [-0.1, -0.05) is 66.9 Å². The molecule has 1 N–H and O–H groups in total. The number of sulfonamides is 1. The van der Waals surface area contributed by atoms with Gasteiger partial charge < -0.3 is 10.2 Å². The molecule has 0 aliphatic rings. The van der Waals surface area contributed by atoms with Gasteiger partial charge in [0.15, 0.2) is 0 Å². The van der Waals surface area contributed by atoms with Crippen LogP contribution in [0.25, 0.3) is 0 Å². The molecule has 0 fully saturated rings. The van der Waals surface area contributed by atoms with Gasteiger partial charge in [-0.2, -0.15) is 0 Å². The van der Waals surface area contributed by atoms with Gasteiger partial charge in [-0.05, 0) is 86.7 Å². The monoisotopic (exact) mass is 617 g/mol. The molecule has 0 spiro atoms. The van der Waals surface area contributed by atoms with E-state index in [1.165, 1.54) is 17.0 Å². The molecule has 0 aromatic heterocycles. The minimum absolute atomic E-state index is 0.0251. The van der Waals surface area contributed by atoms with Crippen molar-refractivity contribution in [2.24, 2.45) is 5.92 Å². The van der Waals surface area contributed by atoms with Gasteiger partial charge in [-0.25, -0.2) is 8.42 Å². The van der Waals surface area contributed by atoms with Crippen LogP contribution >= 0.6 is 23.2 Å². The minimum atomic E-state index is -4.13. The third-order valence-electron chi connectivity index (χ3n) is 6.86. The lowest BCUT2D eigenvalue weighted by Crippen LogP contribution is -2.51. The number of carbonyl (C=O) groups is 2. The Morgan fingerprint density at radius 2 is 1.51 bits per heavy atom. The summed E-state index contributed by atoms with van der Waals surface area (Å²) in [5, 5.41) is 3.55. The molecule has 2 amide bonds. The highest BCUT2D eigenvalue weighted by atomic mass is 35.5. The molecule has 0 saturated carbocycles. The molecule has 3 rings (SSSR count). The Morgan fingerprint density at radius 1 is 0.854 bits per heavy atom. The maximum absolute atomic E-state index is 14.0. The second-order valence-electron chi connectivity index (χ2n) is 10.7. The molecule has 1 atom stereocenters. The maximum atomic E-state index is 14.0. The zero-order valence-corrected chi connectivity index (χ0v) is 26.6. The van der Waals surface area contributed by atoms with E-state index in [1.807, 2.05) is 40.7 Å². The molecule has 0 saturated heterocycles. The summed E-state index contributed by atoms with van der Waals surface area (Å²) in [6, 6.07) is 15.8. The molecule has 0 bridgehead atoms. The van der Waals surface area contributed by atoms with Crippen LogP contribution in [0.15, 0.2) is 65.6 Å². The highest BCUT2D eigenvalue weighted by Crippen LogP contribution is 2.28. The summed E-state index contributed by atoms with van der Waals surface area (Å²) in [4.78, 5) is 28.6. The number of halogens is 2. The molecule has 10 heteroatoms. The van der Waals surface area contributed by atoms with Crippen molar-refractivity contribution < 1.29 is 18.0 Å². The Morgan fingerprint density at radius 3 is 2.10 bits per heavy atom. The molecule has 0 aliphatic heterocycles. The second kappa shape index (κ2) is 13.7. The van der Waals surface area contributed by atoms with E-state index in [0.29, 0.717) is 27.8 Å². The summed E-state index contributed by atoms with van der Waals surface area (Å²) >= 11 is 12.3. The molecule has 0 heterocycles. The fraction of sp³-hybridized carbons (Fsp3) is 0.355. The highest BCUT2D eigenvalue weighted by Gasteiger charge is 2.32. The van der Waals surface area contributed by atoms with Crippen LogP contribution in [0.5, 0.6) is 0 Å². The lowest BCUT2D eigenvalue weighted by Gasteiger charge is -2.32. The molecule has 0 radical (unpaired) electrons. The van der Waals surface area contributed by atoms with Crippen LogP contribution in [-0.4, -0.2) is 44.3 Å². The number of carbonyl (C=O) groups excluding carboxylic acids is 2. The Hall–Kier alpha value is -3.07. The van der Waals surface area contributed by atoms with Crippen molar-refractivity contribution in [1.29, 1.82) is 0 Å². The van der Waals surface area contributed by atoms with Crippen molar-refractivity contribution >= 4 is 50.7 Å². The van der Waals surface area contributed by atoms with Crippen LogP contribution in [0, 0.1) is 26.7 Å². The van der Waals surface area contributed by atoms with Gasteiger partial charge in [0.25, 0.3) is 10.0 Å². The van der Waals surface area contributed by atoms with Crippen molar-refractivity contribution in [3.8, 4) is 0 Å². The van der Waals surface area contributed by atoms with Crippen LogP contribution in [0.1, 0.15) is 43.0 Å². The Balaban J connectivity index is 2.05. The SMILES string of the molecule is Cc1ccc(S(=O)(=O)N(CC(=O)N(Cc2ccc(Cl)c(Cl)c2)C(C)C(=O)NCC(C)C)c2ccc(C)c(C)c2)cc1. The summed E-state index contributed by atoms with van der Waals surface area (Å²) in [5.74, 6) is -0.672. The van der Waals surface area contributed by atoms with E-state index in [0.717, 1.165) is 21.0 Å². The lowest BCUT2D eigenvalue weighted by molar-refractivity contribution is -0.139. The number of aryl methyl sites for hydroxylation is 3. The molecule has 1 unspecified atom stereocenters. The van der Waals surface area contributed by atoms with E-state index in [2.05, 4.69) is 5.32 Å². The lowest BCUT2D eigenvalue weighted by atomic mass is 10.1. The summed E-state index contributed by atoms with van der Waals surface area (Å²) < 4.78 is 29.0. The molecule has 0 aliphatic carbocycles. The van der Waals surface area contributed by atoms with E-state index in [4.69, 9.17) is 23.2 Å². The molecule has 7 nitrogen and oxygen atoms in total. The number of benzene rings is 3. The molecular formula is C31H37Cl2N3O4S. The van der Waals surface area contributed by atoms with Crippen molar-refractivity contribution in [3.05, 3.63) is 93.0 Å². The molecule has 3 aromatic rings. The van der Waals surface area contributed by atoms with Crippen LogP contribution in [-0.2, 0) is 26.2 Å². The predicted molar refractivity (Wildman–Crippen MR) is 166 cm³/mol. The number of rotatable bonds is 11. The van der Waals surface area contributed by atoms with E-state index < -0.39 is 28.5 Å². The highest BCUT2D eigenvalue weighted by molar-refractivity contribution is 7.92. The van der Waals surface area contributed by atoms with Gasteiger partial charge in [0.2, 0.25) is 11.8 Å². The average molecular weight is 619 g/mol. The standard InChI is InChI=1S/C31H37Cl2N3O4S/c1-20(2)17-34-31(38)24(6)35(18-25-10-14-28(32)29(33)16-25)30(37)19-36(26-11-9-22(4)23(5)15-26)41(39,40)27-12-7-21(3)8-13-27/h7-16,20,24H,17-19H2,1-6H3,(H,34,38). The minimum Gasteiger partial charge on any atom is -0.354 e. The first-order valence-corrected chi connectivity index (χ1v) is 15.6.